The van der Waals surface area contributed by atoms with Gasteiger partial charge in [-0.1, -0.05) is 30.3 Å². The zero-order valence-electron chi connectivity index (χ0n) is 18.0. The number of nitrogens with zero attached hydrogens (tertiary/aromatic N) is 1. The van der Waals surface area contributed by atoms with Gasteiger partial charge in [-0.2, -0.15) is 13.2 Å². The molecule has 0 aromatic heterocycles. The predicted octanol–water partition coefficient (Wildman–Crippen LogP) is 1.95. The Bertz CT molecular complexity index is 865. The van der Waals surface area contributed by atoms with Gasteiger partial charge in [0.25, 0.3) is 0 Å². The second kappa shape index (κ2) is 10.8. The van der Waals surface area contributed by atoms with Crippen LogP contribution in [0.25, 0.3) is 0 Å². The molecule has 0 aliphatic carbocycles. The summed E-state index contributed by atoms with van der Waals surface area (Å²) in [7, 11) is 1.65. The average molecular weight is 471 g/mol. The molecule has 1 heterocycles. The monoisotopic (exact) mass is 471 g/mol. The van der Waals surface area contributed by atoms with E-state index in [-0.39, 0.29) is 5.75 Å². The summed E-state index contributed by atoms with van der Waals surface area (Å²) in [5.74, 6) is 0.271. The molecule has 1 fully saturated rings. The lowest BCUT2D eigenvalue weighted by atomic mass is 9.97. The summed E-state index contributed by atoms with van der Waals surface area (Å²) < 4.78 is 50.1. The van der Waals surface area contributed by atoms with Gasteiger partial charge in [0.2, 0.25) is 0 Å². The van der Waals surface area contributed by atoms with Gasteiger partial charge in [-0.15, -0.1) is 0 Å². The minimum atomic E-state index is -4.44. The summed E-state index contributed by atoms with van der Waals surface area (Å²) >= 11 is 0. The number of hydrogen-bond donors (Lipinski definition) is 4. The van der Waals surface area contributed by atoms with Gasteiger partial charge in [-0.25, -0.2) is 0 Å². The van der Waals surface area contributed by atoms with Gasteiger partial charge in [0.1, 0.15) is 42.5 Å². The fourth-order valence-corrected chi connectivity index (χ4v) is 3.74. The first-order chi connectivity index (χ1) is 15.6. The molecule has 0 amide bonds. The first-order valence-corrected chi connectivity index (χ1v) is 10.5. The summed E-state index contributed by atoms with van der Waals surface area (Å²) in [6.07, 6.45) is -10.9. The molecular weight excluding hydrogens is 443 g/mol. The second-order valence-electron chi connectivity index (χ2n) is 8.03. The normalized spacial score (nSPS) is 26.9. The summed E-state index contributed by atoms with van der Waals surface area (Å²) in [6.45, 7) is -0.220. The van der Waals surface area contributed by atoms with E-state index in [9.17, 15) is 33.6 Å². The van der Waals surface area contributed by atoms with E-state index in [1.165, 1.54) is 12.1 Å². The van der Waals surface area contributed by atoms with Crippen LogP contribution in [-0.4, -0.2) is 76.2 Å². The lowest BCUT2D eigenvalue weighted by molar-refractivity contribution is -0.262. The molecule has 4 N–H and O–H groups in total. The van der Waals surface area contributed by atoms with Crippen molar-refractivity contribution in [2.24, 2.45) is 0 Å². The minimum absolute atomic E-state index is 0.271. The van der Waals surface area contributed by atoms with E-state index in [1.54, 1.807) is 11.9 Å². The van der Waals surface area contributed by atoms with Crippen LogP contribution in [0.4, 0.5) is 13.2 Å². The van der Waals surface area contributed by atoms with Crippen molar-refractivity contribution in [3.8, 4) is 5.75 Å². The number of halogens is 3. The third kappa shape index (κ3) is 6.23. The molecule has 1 aliphatic heterocycles. The Kier molecular flexibility index (Phi) is 8.33. The Hall–Kier alpha value is -2.21. The Morgan fingerprint density at radius 3 is 2.18 bits per heavy atom. The molecule has 0 saturated carbocycles. The number of benzene rings is 2. The van der Waals surface area contributed by atoms with Crippen LogP contribution in [0.1, 0.15) is 23.7 Å². The molecule has 10 heteroatoms. The molecule has 6 unspecified atom stereocenters. The first kappa shape index (κ1) is 25.4. The summed E-state index contributed by atoms with van der Waals surface area (Å²) in [4.78, 5) is 1.62. The number of rotatable bonds is 8. The summed E-state index contributed by atoms with van der Waals surface area (Å²) in [5, 5.41) is 39.7. The Balaban J connectivity index is 1.71. The van der Waals surface area contributed by atoms with E-state index in [1.807, 2.05) is 30.3 Å². The molecule has 0 spiro atoms. The number of aliphatic hydroxyl groups is 4. The van der Waals surface area contributed by atoms with Crippen molar-refractivity contribution >= 4 is 0 Å². The Morgan fingerprint density at radius 2 is 1.61 bits per heavy atom. The number of aliphatic hydroxyl groups excluding tert-OH is 4. The molecule has 182 valence electrons. The lowest BCUT2D eigenvalue weighted by Crippen LogP contribution is -2.62. The van der Waals surface area contributed by atoms with Crippen LogP contribution in [0.3, 0.4) is 0 Å². The molecule has 6 atom stereocenters. The summed E-state index contributed by atoms with van der Waals surface area (Å²) in [6, 6.07) is 13.6. The second-order valence-corrected chi connectivity index (χ2v) is 8.03. The largest absolute Gasteiger partial charge is 0.486 e. The van der Waals surface area contributed by atoms with Gasteiger partial charge in [-0.05, 0) is 36.9 Å². The number of alkyl halides is 3. The van der Waals surface area contributed by atoms with E-state index in [4.69, 9.17) is 9.47 Å². The highest BCUT2D eigenvalue weighted by atomic mass is 19.4. The van der Waals surface area contributed by atoms with Gasteiger partial charge in [0.15, 0.2) is 0 Å². The quantitative estimate of drug-likeness (QED) is 0.467. The van der Waals surface area contributed by atoms with Gasteiger partial charge in [0, 0.05) is 13.0 Å². The molecule has 3 rings (SSSR count). The van der Waals surface area contributed by atoms with Gasteiger partial charge in [-0.3, -0.25) is 4.90 Å². The highest BCUT2D eigenvalue weighted by molar-refractivity contribution is 5.30. The lowest BCUT2D eigenvalue weighted by Gasteiger charge is -2.43. The number of likely N-dealkylation sites (N-methyl/N-ethyl adjacent to an activating group) is 1. The van der Waals surface area contributed by atoms with E-state index in [0.717, 1.165) is 17.7 Å². The fourth-order valence-electron chi connectivity index (χ4n) is 3.74. The number of ether oxygens (including phenoxy) is 2. The first-order valence-electron chi connectivity index (χ1n) is 10.5. The van der Waals surface area contributed by atoms with Crippen LogP contribution in [0.5, 0.6) is 5.75 Å². The average Bonchev–Trinajstić information content (AvgIpc) is 2.80. The molecule has 1 aliphatic rings. The van der Waals surface area contributed by atoms with Gasteiger partial charge < -0.3 is 29.9 Å². The van der Waals surface area contributed by atoms with Gasteiger partial charge >= 0.3 is 6.18 Å². The molecule has 0 radical (unpaired) electrons. The fraction of sp³-hybridized carbons (Fsp3) is 0.478. The minimum Gasteiger partial charge on any atom is -0.486 e. The van der Waals surface area contributed by atoms with Crippen molar-refractivity contribution in [2.45, 2.75) is 49.3 Å². The van der Waals surface area contributed by atoms with Crippen molar-refractivity contribution in [3.63, 3.8) is 0 Å². The predicted molar refractivity (Wildman–Crippen MR) is 112 cm³/mol. The smallest absolute Gasteiger partial charge is 0.416 e. The van der Waals surface area contributed by atoms with Crippen LogP contribution in [0.2, 0.25) is 0 Å². The van der Waals surface area contributed by atoms with Crippen molar-refractivity contribution < 1.29 is 43.1 Å². The van der Waals surface area contributed by atoms with Crippen LogP contribution >= 0.6 is 0 Å². The van der Waals surface area contributed by atoms with E-state index < -0.39 is 55.1 Å². The Morgan fingerprint density at radius 1 is 0.970 bits per heavy atom. The maximum atomic E-state index is 12.8. The van der Waals surface area contributed by atoms with Crippen LogP contribution < -0.4 is 4.74 Å². The van der Waals surface area contributed by atoms with Crippen molar-refractivity contribution in [1.29, 1.82) is 0 Å². The molecule has 1 saturated heterocycles. The van der Waals surface area contributed by atoms with Crippen molar-refractivity contribution in [2.75, 3.05) is 20.2 Å². The SMILES string of the molecule is CN(CCC(Oc1ccc(C(F)(F)F)cc1)c1ccccc1)C1OC(CO)C(O)C(O)C1O. The van der Waals surface area contributed by atoms with Crippen LogP contribution in [0.15, 0.2) is 54.6 Å². The molecular formula is C23H28F3NO6. The molecule has 2 aromatic carbocycles. The van der Waals surface area contributed by atoms with Crippen molar-refractivity contribution in [1.82, 2.24) is 4.90 Å². The van der Waals surface area contributed by atoms with Crippen molar-refractivity contribution in [3.05, 3.63) is 65.7 Å². The maximum Gasteiger partial charge on any atom is 0.416 e. The zero-order valence-corrected chi connectivity index (χ0v) is 18.0. The van der Waals surface area contributed by atoms with E-state index in [2.05, 4.69) is 0 Å². The van der Waals surface area contributed by atoms with E-state index >= 15 is 0 Å². The maximum absolute atomic E-state index is 12.8. The topological polar surface area (TPSA) is 103 Å². The molecule has 33 heavy (non-hydrogen) atoms. The standard InChI is InChI=1S/C23H28F3NO6/c1-27(22-21(31)20(30)19(29)18(13-28)33-22)12-11-17(14-5-3-2-4-6-14)32-16-9-7-15(8-10-16)23(24,25)26/h2-10,17-22,28-31H,11-13H2,1H3. The molecule has 0 bridgehead atoms. The van der Waals surface area contributed by atoms with Gasteiger partial charge in [0.05, 0.1) is 12.2 Å². The zero-order chi connectivity index (χ0) is 24.2. The summed E-state index contributed by atoms with van der Waals surface area (Å²) in [5.41, 5.74) is 0.0352. The Labute approximate surface area is 189 Å². The number of hydrogen-bond acceptors (Lipinski definition) is 7. The highest BCUT2D eigenvalue weighted by Crippen LogP contribution is 2.32. The third-order valence-electron chi connectivity index (χ3n) is 5.68. The highest BCUT2D eigenvalue weighted by Gasteiger charge is 2.44. The van der Waals surface area contributed by atoms with Crippen LogP contribution in [-0.2, 0) is 10.9 Å². The van der Waals surface area contributed by atoms with Crippen LogP contribution in [0, 0.1) is 0 Å². The van der Waals surface area contributed by atoms with E-state index in [0.29, 0.717) is 13.0 Å². The molecule has 7 nitrogen and oxygen atoms in total. The molecule has 2 aromatic rings. The third-order valence-corrected chi connectivity index (χ3v) is 5.68.